The second-order valence-corrected chi connectivity index (χ2v) is 6.83. The molecule has 6 nitrogen and oxygen atoms in total. The van der Waals surface area contributed by atoms with E-state index in [1.54, 1.807) is 6.07 Å². The number of para-hydroxylation sites is 1. The lowest BCUT2D eigenvalue weighted by atomic mass is 10.1. The molecule has 0 unspecified atom stereocenters. The number of aromatic nitrogens is 5. The molecule has 1 saturated carbocycles. The van der Waals surface area contributed by atoms with E-state index < -0.39 is 0 Å². The SMILES string of the molecule is Fc1cccc2c3c([nH]c12)CN(Cc1nnnn1C1CC1)CCC3. The van der Waals surface area contributed by atoms with Crippen LogP contribution in [0, 0.1) is 5.82 Å². The van der Waals surface area contributed by atoms with Gasteiger partial charge < -0.3 is 4.98 Å². The van der Waals surface area contributed by atoms with Crippen LogP contribution in [0.15, 0.2) is 18.2 Å². The third-order valence-corrected chi connectivity index (χ3v) is 5.08. The minimum absolute atomic E-state index is 0.176. The Morgan fingerprint density at radius 3 is 3.08 bits per heavy atom. The first-order valence-corrected chi connectivity index (χ1v) is 8.56. The molecule has 2 aliphatic rings. The topological polar surface area (TPSA) is 62.6 Å². The van der Waals surface area contributed by atoms with Crippen LogP contribution in [0.4, 0.5) is 4.39 Å². The molecule has 2 aromatic heterocycles. The van der Waals surface area contributed by atoms with Crippen LogP contribution in [0.25, 0.3) is 10.9 Å². The Hall–Kier alpha value is -2.28. The smallest absolute Gasteiger partial charge is 0.165 e. The van der Waals surface area contributed by atoms with Gasteiger partial charge in [0.25, 0.3) is 0 Å². The van der Waals surface area contributed by atoms with Gasteiger partial charge in [0.05, 0.1) is 18.1 Å². The fourth-order valence-electron chi connectivity index (χ4n) is 3.75. The molecular formula is C17H19FN6. The van der Waals surface area contributed by atoms with Crippen LogP contribution in [-0.2, 0) is 19.5 Å². The van der Waals surface area contributed by atoms with Crippen LogP contribution in [0.3, 0.4) is 0 Å². The summed E-state index contributed by atoms with van der Waals surface area (Å²) in [5.74, 6) is 0.757. The van der Waals surface area contributed by atoms with Crippen molar-refractivity contribution < 1.29 is 4.39 Å². The fraction of sp³-hybridized carbons (Fsp3) is 0.471. The zero-order valence-corrected chi connectivity index (χ0v) is 13.4. The van der Waals surface area contributed by atoms with Crippen molar-refractivity contribution >= 4 is 10.9 Å². The van der Waals surface area contributed by atoms with Crippen molar-refractivity contribution in [3.05, 3.63) is 41.1 Å². The summed E-state index contributed by atoms with van der Waals surface area (Å²) in [5.41, 5.74) is 3.01. The van der Waals surface area contributed by atoms with Crippen LogP contribution in [0.5, 0.6) is 0 Å². The molecule has 3 aromatic rings. The summed E-state index contributed by atoms with van der Waals surface area (Å²) in [4.78, 5) is 5.66. The Bertz CT molecular complexity index is 894. The summed E-state index contributed by atoms with van der Waals surface area (Å²) in [7, 11) is 0. The molecular weight excluding hydrogens is 307 g/mol. The third-order valence-electron chi connectivity index (χ3n) is 5.08. The van der Waals surface area contributed by atoms with Crippen molar-refractivity contribution in [1.29, 1.82) is 0 Å². The van der Waals surface area contributed by atoms with Crippen LogP contribution >= 0.6 is 0 Å². The van der Waals surface area contributed by atoms with Gasteiger partial charge in [0.1, 0.15) is 5.82 Å². The average Bonchev–Trinajstić information content (AvgIpc) is 3.27. The number of aromatic amines is 1. The molecule has 1 aliphatic heterocycles. The average molecular weight is 326 g/mol. The number of hydrogen-bond acceptors (Lipinski definition) is 4. The fourth-order valence-corrected chi connectivity index (χ4v) is 3.75. The zero-order chi connectivity index (χ0) is 16.1. The molecule has 0 spiro atoms. The minimum atomic E-state index is -0.176. The van der Waals surface area contributed by atoms with Gasteiger partial charge in [-0.2, -0.15) is 0 Å². The van der Waals surface area contributed by atoms with Crippen molar-refractivity contribution in [3.63, 3.8) is 0 Å². The number of rotatable bonds is 3. The number of nitrogens with zero attached hydrogens (tertiary/aromatic N) is 5. The number of hydrogen-bond donors (Lipinski definition) is 1. The van der Waals surface area contributed by atoms with E-state index in [2.05, 4.69) is 25.4 Å². The Morgan fingerprint density at radius 1 is 1.29 bits per heavy atom. The molecule has 0 bridgehead atoms. The predicted molar refractivity (Wildman–Crippen MR) is 86.8 cm³/mol. The Balaban J connectivity index is 1.45. The molecule has 0 radical (unpaired) electrons. The number of aryl methyl sites for hydroxylation is 1. The van der Waals surface area contributed by atoms with Crippen molar-refractivity contribution in [2.24, 2.45) is 0 Å². The van der Waals surface area contributed by atoms with E-state index >= 15 is 0 Å². The summed E-state index contributed by atoms with van der Waals surface area (Å²) in [6.07, 6.45) is 4.37. The van der Waals surface area contributed by atoms with Crippen molar-refractivity contribution in [3.8, 4) is 0 Å². The second-order valence-electron chi connectivity index (χ2n) is 6.83. The zero-order valence-electron chi connectivity index (χ0n) is 13.4. The van der Waals surface area contributed by atoms with Gasteiger partial charge in [-0.05, 0) is 54.3 Å². The minimum Gasteiger partial charge on any atom is -0.355 e. The highest BCUT2D eigenvalue weighted by molar-refractivity contribution is 5.85. The number of halogens is 1. The van der Waals surface area contributed by atoms with Crippen molar-refractivity contribution in [2.45, 2.75) is 44.8 Å². The van der Waals surface area contributed by atoms with Crippen LogP contribution < -0.4 is 0 Å². The predicted octanol–water partition coefficient (Wildman–Crippen LogP) is 2.58. The maximum absolute atomic E-state index is 14.1. The van der Waals surface area contributed by atoms with Crippen molar-refractivity contribution in [1.82, 2.24) is 30.1 Å². The van der Waals surface area contributed by atoms with E-state index in [4.69, 9.17) is 0 Å². The van der Waals surface area contributed by atoms with Gasteiger partial charge in [0, 0.05) is 17.6 Å². The number of nitrogens with one attached hydrogen (secondary N) is 1. The first-order valence-electron chi connectivity index (χ1n) is 8.56. The van der Waals surface area contributed by atoms with Gasteiger partial charge in [-0.1, -0.05) is 12.1 Å². The normalized spacial score (nSPS) is 18.7. The Kier molecular flexibility index (Phi) is 3.16. The maximum Gasteiger partial charge on any atom is 0.165 e. The van der Waals surface area contributed by atoms with E-state index in [1.807, 2.05) is 10.7 Å². The monoisotopic (exact) mass is 326 g/mol. The van der Waals surface area contributed by atoms with Crippen molar-refractivity contribution in [2.75, 3.05) is 6.54 Å². The molecule has 0 amide bonds. The molecule has 3 heterocycles. The highest BCUT2D eigenvalue weighted by atomic mass is 19.1. The number of benzene rings is 1. The third kappa shape index (κ3) is 2.31. The summed E-state index contributed by atoms with van der Waals surface area (Å²) in [5, 5.41) is 13.2. The van der Waals surface area contributed by atoms with E-state index in [0.717, 1.165) is 49.4 Å². The summed E-state index contributed by atoms with van der Waals surface area (Å²) in [6, 6.07) is 5.80. The van der Waals surface area contributed by atoms with Gasteiger partial charge in [-0.25, -0.2) is 9.07 Å². The molecule has 5 rings (SSSR count). The number of fused-ring (bicyclic) bond motifs is 3. The lowest BCUT2D eigenvalue weighted by molar-refractivity contribution is 0.246. The van der Waals surface area contributed by atoms with Gasteiger partial charge in [-0.15, -0.1) is 5.10 Å². The van der Waals surface area contributed by atoms with Crippen LogP contribution in [0.1, 0.15) is 42.4 Å². The molecule has 1 N–H and O–H groups in total. The molecule has 0 saturated heterocycles. The molecule has 24 heavy (non-hydrogen) atoms. The Morgan fingerprint density at radius 2 is 2.21 bits per heavy atom. The standard InChI is InChI=1S/C17H19FN6/c18-14-5-1-3-13-12-4-2-8-23(9-15(12)19-17(13)14)10-16-20-21-22-24(16)11-6-7-11/h1,3,5,11,19H,2,4,6-10H2. The van der Waals surface area contributed by atoms with Crippen LogP contribution in [0.2, 0.25) is 0 Å². The van der Waals surface area contributed by atoms with Gasteiger partial charge >= 0.3 is 0 Å². The molecule has 1 aliphatic carbocycles. The summed E-state index contributed by atoms with van der Waals surface area (Å²) in [6.45, 7) is 2.51. The summed E-state index contributed by atoms with van der Waals surface area (Å²) < 4.78 is 16.0. The molecule has 1 fully saturated rings. The van der Waals surface area contributed by atoms with Gasteiger partial charge in [0.2, 0.25) is 0 Å². The van der Waals surface area contributed by atoms with Crippen LogP contribution in [-0.4, -0.2) is 36.6 Å². The highest BCUT2D eigenvalue weighted by Gasteiger charge is 2.29. The largest absolute Gasteiger partial charge is 0.355 e. The first-order chi connectivity index (χ1) is 11.8. The maximum atomic E-state index is 14.1. The second kappa shape index (κ2) is 5.37. The van der Waals surface area contributed by atoms with Gasteiger partial charge in [0.15, 0.2) is 5.82 Å². The van der Waals surface area contributed by atoms with E-state index in [-0.39, 0.29) is 5.82 Å². The number of H-pyrrole nitrogens is 1. The lowest BCUT2D eigenvalue weighted by Crippen LogP contribution is -2.25. The molecule has 7 heteroatoms. The summed E-state index contributed by atoms with van der Waals surface area (Å²) >= 11 is 0. The van der Waals surface area contributed by atoms with E-state index in [1.165, 1.54) is 24.5 Å². The number of tetrazole rings is 1. The quantitative estimate of drug-likeness (QED) is 0.803. The van der Waals surface area contributed by atoms with E-state index in [9.17, 15) is 4.39 Å². The Labute approximate surface area is 138 Å². The van der Waals surface area contributed by atoms with E-state index in [0.29, 0.717) is 11.6 Å². The first kappa shape index (κ1) is 14.1. The highest BCUT2D eigenvalue weighted by Crippen LogP contribution is 2.35. The molecule has 0 atom stereocenters. The van der Waals surface area contributed by atoms with Gasteiger partial charge in [-0.3, -0.25) is 4.90 Å². The molecule has 1 aromatic carbocycles. The lowest BCUT2D eigenvalue weighted by Gasteiger charge is -2.19. The molecule has 124 valence electrons.